The van der Waals surface area contributed by atoms with Crippen LogP contribution in [0.15, 0.2) is 54.6 Å². The average molecular weight is 339 g/mol. The molecule has 0 bridgehead atoms. The Morgan fingerprint density at radius 1 is 1.04 bits per heavy atom. The molecule has 0 saturated carbocycles. The third-order valence-electron chi connectivity index (χ3n) is 4.45. The number of carbonyl (C=O) groups is 2. The minimum absolute atomic E-state index is 0.0653. The number of benzene rings is 2. The lowest BCUT2D eigenvalue weighted by Crippen LogP contribution is -2.35. The van der Waals surface area contributed by atoms with E-state index in [9.17, 15) is 9.59 Å². The van der Waals surface area contributed by atoms with Crippen LogP contribution in [0.25, 0.3) is 0 Å². The molecule has 1 aliphatic heterocycles. The highest BCUT2D eigenvalue weighted by Crippen LogP contribution is 2.26. The molecule has 6 nitrogen and oxygen atoms in total. The molecule has 2 aromatic carbocycles. The van der Waals surface area contributed by atoms with Gasteiger partial charge in [-0.1, -0.05) is 30.3 Å². The van der Waals surface area contributed by atoms with E-state index >= 15 is 0 Å². The van der Waals surface area contributed by atoms with E-state index in [4.69, 9.17) is 16.2 Å². The van der Waals surface area contributed by atoms with E-state index in [1.165, 1.54) is 0 Å². The summed E-state index contributed by atoms with van der Waals surface area (Å²) < 4.78 is 5.51. The lowest BCUT2D eigenvalue weighted by atomic mass is 9.95. The van der Waals surface area contributed by atoms with Crippen LogP contribution in [0.3, 0.4) is 0 Å². The van der Waals surface area contributed by atoms with E-state index in [0.717, 1.165) is 5.56 Å². The molecular formula is C19H21N3O3. The van der Waals surface area contributed by atoms with Gasteiger partial charge in [0.1, 0.15) is 5.75 Å². The molecule has 4 N–H and O–H groups in total. The van der Waals surface area contributed by atoms with E-state index in [-0.39, 0.29) is 24.5 Å². The molecule has 3 rings (SSSR count). The average Bonchev–Trinajstić information content (AvgIpc) is 3.02. The zero-order chi connectivity index (χ0) is 17.8. The number of primary amides is 1. The van der Waals surface area contributed by atoms with E-state index < -0.39 is 5.91 Å². The number of hydrogen-bond acceptors (Lipinski definition) is 4. The largest absolute Gasteiger partial charge is 0.484 e. The Hall–Kier alpha value is -2.86. The third-order valence-corrected chi connectivity index (χ3v) is 4.45. The minimum Gasteiger partial charge on any atom is -0.484 e. The third kappa shape index (κ3) is 3.97. The Balaban J connectivity index is 1.56. The van der Waals surface area contributed by atoms with Crippen LogP contribution in [0.1, 0.15) is 21.8 Å². The monoisotopic (exact) mass is 339 g/mol. The van der Waals surface area contributed by atoms with Gasteiger partial charge in [-0.2, -0.15) is 0 Å². The Morgan fingerprint density at radius 2 is 1.72 bits per heavy atom. The second-order valence-corrected chi connectivity index (χ2v) is 6.16. The molecule has 6 heteroatoms. The molecule has 0 radical (unpaired) electrons. The van der Waals surface area contributed by atoms with Crippen LogP contribution >= 0.6 is 0 Å². The molecule has 0 spiro atoms. The predicted molar refractivity (Wildman–Crippen MR) is 94.2 cm³/mol. The van der Waals surface area contributed by atoms with E-state index in [0.29, 0.717) is 24.4 Å². The van der Waals surface area contributed by atoms with Gasteiger partial charge >= 0.3 is 0 Å². The van der Waals surface area contributed by atoms with Gasteiger partial charge in [-0.05, 0) is 29.8 Å². The fourth-order valence-electron chi connectivity index (χ4n) is 3.04. The molecule has 1 fully saturated rings. The van der Waals surface area contributed by atoms with Crippen molar-refractivity contribution in [1.29, 1.82) is 0 Å². The highest BCUT2D eigenvalue weighted by atomic mass is 16.5. The number of carbonyl (C=O) groups excluding carboxylic acids is 2. The quantitative estimate of drug-likeness (QED) is 0.853. The normalized spacial score (nSPS) is 19.6. The zero-order valence-electron chi connectivity index (χ0n) is 13.8. The van der Waals surface area contributed by atoms with E-state index in [2.05, 4.69) is 0 Å². The van der Waals surface area contributed by atoms with Gasteiger partial charge in [0.25, 0.3) is 5.91 Å². The van der Waals surface area contributed by atoms with Gasteiger partial charge in [-0.3, -0.25) is 9.59 Å². The Kier molecular flexibility index (Phi) is 5.00. The van der Waals surface area contributed by atoms with Crippen LogP contribution in [-0.4, -0.2) is 42.5 Å². The molecular weight excluding hydrogens is 318 g/mol. The highest BCUT2D eigenvalue weighted by Gasteiger charge is 2.33. The number of nitrogens with zero attached hydrogens (tertiary/aromatic N) is 1. The maximum atomic E-state index is 12.4. The number of nitrogens with two attached hydrogens (primary N) is 2. The summed E-state index contributed by atoms with van der Waals surface area (Å²) in [5, 5.41) is 0. The summed E-state index contributed by atoms with van der Waals surface area (Å²) in [4.78, 5) is 25.2. The molecule has 130 valence electrons. The summed E-state index contributed by atoms with van der Waals surface area (Å²) in [5.41, 5.74) is 12.9. The van der Waals surface area contributed by atoms with Crippen molar-refractivity contribution in [3.63, 3.8) is 0 Å². The summed E-state index contributed by atoms with van der Waals surface area (Å²) in [5.74, 6) is 0.0509. The van der Waals surface area contributed by atoms with Gasteiger partial charge in [0, 0.05) is 30.6 Å². The fourth-order valence-corrected chi connectivity index (χ4v) is 3.04. The molecule has 1 aliphatic rings. The second-order valence-electron chi connectivity index (χ2n) is 6.16. The van der Waals surface area contributed by atoms with Gasteiger partial charge in [0.05, 0.1) is 0 Å². The Morgan fingerprint density at radius 3 is 2.36 bits per heavy atom. The van der Waals surface area contributed by atoms with Crippen molar-refractivity contribution >= 4 is 11.8 Å². The summed E-state index contributed by atoms with van der Waals surface area (Å²) in [7, 11) is 0. The molecule has 0 unspecified atom stereocenters. The molecule has 1 heterocycles. The van der Waals surface area contributed by atoms with Gasteiger partial charge in [-0.25, -0.2) is 0 Å². The van der Waals surface area contributed by atoms with Gasteiger partial charge in [0.2, 0.25) is 5.91 Å². The summed E-state index contributed by atoms with van der Waals surface area (Å²) >= 11 is 0. The number of amides is 2. The summed E-state index contributed by atoms with van der Waals surface area (Å²) in [6, 6.07) is 16.3. The first-order valence-corrected chi connectivity index (χ1v) is 8.15. The van der Waals surface area contributed by atoms with Crippen molar-refractivity contribution in [2.24, 2.45) is 11.5 Å². The SMILES string of the molecule is NC(=O)c1ccc(OCC(=O)N2C[C@@H](N)[C@H](c3ccccc3)C2)cc1. The molecule has 0 aromatic heterocycles. The van der Waals surface area contributed by atoms with Crippen molar-refractivity contribution in [1.82, 2.24) is 4.90 Å². The van der Waals surface area contributed by atoms with E-state index in [1.54, 1.807) is 29.2 Å². The van der Waals surface area contributed by atoms with Crippen LogP contribution < -0.4 is 16.2 Å². The van der Waals surface area contributed by atoms with Crippen molar-refractivity contribution in [3.05, 3.63) is 65.7 Å². The Bertz CT molecular complexity index is 746. The maximum Gasteiger partial charge on any atom is 0.260 e. The van der Waals surface area contributed by atoms with Crippen LogP contribution in [-0.2, 0) is 4.79 Å². The van der Waals surface area contributed by atoms with Gasteiger partial charge in [-0.15, -0.1) is 0 Å². The van der Waals surface area contributed by atoms with Crippen molar-refractivity contribution in [2.45, 2.75) is 12.0 Å². The van der Waals surface area contributed by atoms with Crippen molar-refractivity contribution in [2.75, 3.05) is 19.7 Å². The Labute approximate surface area is 146 Å². The van der Waals surface area contributed by atoms with Crippen molar-refractivity contribution in [3.8, 4) is 5.75 Å². The maximum absolute atomic E-state index is 12.4. The summed E-state index contributed by atoms with van der Waals surface area (Å²) in [6.45, 7) is 1.04. The van der Waals surface area contributed by atoms with Crippen LogP contribution in [0.2, 0.25) is 0 Å². The first kappa shape index (κ1) is 17.0. The zero-order valence-corrected chi connectivity index (χ0v) is 13.8. The molecule has 2 aromatic rings. The number of hydrogen-bond donors (Lipinski definition) is 2. The predicted octanol–water partition coefficient (Wildman–Crippen LogP) is 1.12. The second kappa shape index (κ2) is 7.36. The minimum atomic E-state index is -0.499. The molecule has 1 saturated heterocycles. The standard InChI is InChI=1S/C19H21N3O3/c20-17-11-22(10-16(17)13-4-2-1-3-5-13)18(23)12-25-15-8-6-14(7-9-15)19(21)24/h1-9,16-17H,10-12,20H2,(H2,21,24)/t16-,17+/m0/s1. The first-order chi connectivity index (χ1) is 12.0. The van der Waals surface area contributed by atoms with Crippen LogP contribution in [0.4, 0.5) is 0 Å². The van der Waals surface area contributed by atoms with Gasteiger partial charge < -0.3 is 21.1 Å². The smallest absolute Gasteiger partial charge is 0.260 e. The van der Waals surface area contributed by atoms with Gasteiger partial charge in [0.15, 0.2) is 6.61 Å². The van der Waals surface area contributed by atoms with Crippen LogP contribution in [0.5, 0.6) is 5.75 Å². The fraction of sp³-hybridized carbons (Fsp3) is 0.263. The molecule has 2 atom stereocenters. The van der Waals surface area contributed by atoms with E-state index in [1.807, 2.05) is 30.3 Å². The molecule has 0 aliphatic carbocycles. The number of rotatable bonds is 5. The molecule has 2 amide bonds. The summed E-state index contributed by atoms with van der Waals surface area (Å²) in [6.07, 6.45) is 0. The number of ether oxygens (including phenoxy) is 1. The lowest BCUT2D eigenvalue weighted by molar-refractivity contribution is -0.132. The highest BCUT2D eigenvalue weighted by molar-refractivity contribution is 5.92. The van der Waals surface area contributed by atoms with Crippen molar-refractivity contribution < 1.29 is 14.3 Å². The lowest BCUT2D eigenvalue weighted by Gasteiger charge is -2.17. The first-order valence-electron chi connectivity index (χ1n) is 8.15. The topological polar surface area (TPSA) is 98.7 Å². The van der Waals surface area contributed by atoms with Crippen LogP contribution in [0, 0.1) is 0 Å². The number of likely N-dealkylation sites (tertiary alicyclic amines) is 1. The molecule has 25 heavy (non-hydrogen) atoms.